The normalized spacial score (nSPS) is 15.0. The van der Waals surface area contributed by atoms with Gasteiger partial charge in [-0.05, 0) is 54.3 Å². The minimum Gasteiger partial charge on any atom is -0.336 e. The standard InChI is InChI=1S/C24H27N3O3S2/c1-25(21-6-3-2-4-7-21)32(29,30)23-11-9-20(10-12-23)24(28)27-17-15-26(16-18-27)14-13-22-8-5-19-31-22/h2-12,19H,13-18H2,1H3. The fraction of sp³-hybridized carbons (Fsp3) is 0.292. The van der Waals surface area contributed by atoms with E-state index in [0.717, 1.165) is 26.1 Å². The van der Waals surface area contributed by atoms with E-state index in [1.54, 1.807) is 47.7 Å². The van der Waals surface area contributed by atoms with Gasteiger partial charge in [-0.15, -0.1) is 11.3 Å². The quantitative estimate of drug-likeness (QED) is 0.531. The summed E-state index contributed by atoms with van der Waals surface area (Å²) < 4.78 is 27.1. The Morgan fingerprint density at radius 3 is 2.25 bits per heavy atom. The molecule has 32 heavy (non-hydrogen) atoms. The number of nitrogens with zero attached hydrogens (tertiary/aromatic N) is 3. The van der Waals surface area contributed by atoms with Gasteiger partial charge in [-0.1, -0.05) is 24.3 Å². The summed E-state index contributed by atoms with van der Waals surface area (Å²) in [6.45, 7) is 4.07. The number of hydrogen-bond acceptors (Lipinski definition) is 5. The van der Waals surface area contributed by atoms with E-state index in [9.17, 15) is 13.2 Å². The predicted octanol–water partition coefficient (Wildman–Crippen LogP) is 3.57. The lowest BCUT2D eigenvalue weighted by atomic mass is 10.2. The van der Waals surface area contributed by atoms with E-state index in [2.05, 4.69) is 22.4 Å². The zero-order chi connectivity index (χ0) is 22.6. The zero-order valence-electron chi connectivity index (χ0n) is 18.1. The molecule has 168 valence electrons. The lowest BCUT2D eigenvalue weighted by Gasteiger charge is -2.34. The second-order valence-electron chi connectivity index (χ2n) is 7.80. The average molecular weight is 470 g/mol. The minimum absolute atomic E-state index is 0.0525. The number of benzene rings is 2. The second kappa shape index (κ2) is 9.85. The molecule has 0 aliphatic carbocycles. The number of para-hydroxylation sites is 1. The van der Waals surface area contributed by atoms with Crippen LogP contribution >= 0.6 is 11.3 Å². The Morgan fingerprint density at radius 2 is 1.62 bits per heavy atom. The van der Waals surface area contributed by atoms with Crippen LogP contribution < -0.4 is 4.31 Å². The average Bonchev–Trinajstić information content (AvgIpc) is 3.36. The molecule has 1 amide bonds. The molecular weight excluding hydrogens is 442 g/mol. The number of hydrogen-bond donors (Lipinski definition) is 0. The number of carbonyl (C=O) groups excluding carboxylic acids is 1. The van der Waals surface area contributed by atoms with Crippen LogP contribution in [0.25, 0.3) is 0 Å². The molecule has 0 unspecified atom stereocenters. The highest BCUT2D eigenvalue weighted by atomic mass is 32.2. The van der Waals surface area contributed by atoms with Crippen molar-refractivity contribution in [3.05, 3.63) is 82.6 Å². The molecule has 1 saturated heterocycles. The SMILES string of the molecule is CN(c1ccccc1)S(=O)(=O)c1ccc(C(=O)N2CCN(CCc3cccs3)CC2)cc1. The third-order valence-corrected chi connectivity index (χ3v) is 8.53. The maximum Gasteiger partial charge on any atom is 0.264 e. The van der Waals surface area contributed by atoms with Crippen LogP contribution in [0.1, 0.15) is 15.2 Å². The Kier molecular flexibility index (Phi) is 6.93. The molecule has 0 bridgehead atoms. The van der Waals surface area contributed by atoms with Gasteiger partial charge in [0, 0.05) is 50.2 Å². The summed E-state index contributed by atoms with van der Waals surface area (Å²) in [4.78, 5) is 18.7. The van der Waals surface area contributed by atoms with Crippen molar-refractivity contribution in [2.45, 2.75) is 11.3 Å². The fourth-order valence-electron chi connectivity index (χ4n) is 3.78. The summed E-state index contributed by atoms with van der Waals surface area (Å²) in [6.07, 6.45) is 1.04. The molecule has 0 atom stereocenters. The first-order valence-electron chi connectivity index (χ1n) is 10.6. The van der Waals surface area contributed by atoms with Crippen LogP contribution in [0.15, 0.2) is 77.0 Å². The lowest BCUT2D eigenvalue weighted by molar-refractivity contribution is 0.0638. The largest absolute Gasteiger partial charge is 0.336 e. The van der Waals surface area contributed by atoms with E-state index < -0.39 is 10.0 Å². The highest BCUT2D eigenvalue weighted by Crippen LogP contribution is 2.22. The number of piperazine rings is 1. The van der Waals surface area contributed by atoms with Crippen molar-refractivity contribution in [1.82, 2.24) is 9.80 Å². The van der Waals surface area contributed by atoms with Crippen LogP contribution in [0, 0.1) is 0 Å². The van der Waals surface area contributed by atoms with Crippen LogP contribution in [0.5, 0.6) is 0 Å². The second-order valence-corrected chi connectivity index (χ2v) is 10.8. The van der Waals surface area contributed by atoms with E-state index >= 15 is 0 Å². The van der Waals surface area contributed by atoms with E-state index in [-0.39, 0.29) is 10.8 Å². The number of amides is 1. The summed E-state index contributed by atoms with van der Waals surface area (Å²) >= 11 is 1.78. The first kappa shape index (κ1) is 22.5. The molecule has 0 saturated carbocycles. The van der Waals surface area contributed by atoms with Gasteiger partial charge in [-0.25, -0.2) is 8.42 Å². The summed E-state index contributed by atoms with van der Waals surface area (Å²) in [5, 5.41) is 2.10. The molecule has 3 aromatic rings. The van der Waals surface area contributed by atoms with E-state index in [4.69, 9.17) is 0 Å². The molecular formula is C24H27N3O3S2. The Bertz CT molecular complexity index is 1120. The van der Waals surface area contributed by atoms with Gasteiger partial charge in [0.25, 0.3) is 15.9 Å². The molecule has 1 fully saturated rings. The molecule has 2 heterocycles. The maximum atomic E-state index is 12.9. The zero-order valence-corrected chi connectivity index (χ0v) is 19.7. The highest BCUT2D eigenvalue weighted by molar-refractivity contribution is 7.92. The molecule has 0 spiro atoms. The first-order valence-corrected chi connectivity index (χ1v) is 13.0. The number of rotatable bonds is 7. The summed E-state index contributed by atoms with van der Waals surface area (Å²) in [6, 6.07) is 19.4. The third kappa shape index (κ3) is 5.03. The number of anilines is 1. The molecule has 4 rings (SSSR count). The van der Waals surface area contributed by atoms with Crippen LogP contribution in [0.3, 0.4) is 0 Å². The monoisotopic (exact) mass is 469 g/mol. The first-order chi connectivity index (χ1) is 15.4. The topological polar surface area (TPSA) is 60.9 Å². The molecule has 0 radical (unpaired) electrons. The lowest BCUT2D eigenvalue weighted by Crippen LogP contribution is -2.49. The van der Waals surface area contributed by atoms with Crippen LogP contribution in [-0.2, 0) is 16.4 Å². The number of thiophene rings is 1. The molecule has 1 aliphatic heterocycles. The van der Waals surface area contributed by atoms with Gasteiger partial charge in [0.15, 0.2) is 0 Å². The highest BCUT2D eigenvalue weighted by Gasteiger charge is 2.24. The Morgan fingerprint density at radius 1 is 0.938 bits per heavy atom. The Hall–Kier alpha value is -2.68. The van der Waals surface area contributed by atoms with Gasteiger partial charge in [0.1, 0.15) is 0 Å². The van der Waals surface area contributed by atoms with Crippen molar-refractivity contribution < 1.29 is 13.2 Å². The van der Waals surface area contributed by atoms with Gasteiger partial charge in [0.05, 0.1) is 10.6 Å². The van der Waals surface area contributed by atoms with Crippen molar-refractivity contribution >= 4 is 33.0 Å². The summed E-state index contributed by atoms with van der Waals surface area (Å²) in [7, 11) is -2.16. The summed E-state index contributed by atoms with van der Waals surface area (Å²) in [5.41, 5.74) is 1.10. The smallest absolute Gasteiger partial charge is 0.264 e. The summed E-state index contributed by atoms with van der Waals surface area (Å²) in [5.74, 6) is -0.0525. The molecule has 0 N–H and O–H groups in total. The van der Waals surface area contributed by atoms with Crippen molar-refractivity contribution in [3.63, 3.8) is 0 Å². The van der Waals surface area contributed by atoms with E-state index in [1.165, 1.54) is 28.4 Å². The van der Waals surface area contributed by atoms with Gasteiger partial charge in [-0.2, -0.15) is 0 Å². The van der Waals surface area contributed by atoms with Crippen molar-refractivity contribution in [2.75, 3.05) is 44.1 Å². The maximum absolute atomic E-state index is 12.9. The third-order valence-electron chi connectivity index (χ3n) is 5.79. The van der Waals surface area contributed by atoms with Gasteiger partial charge in [0.2, 0.25) is 0 Å². The van der Waals surface area contributed by atoms with Crippen molar-refractivity contribution in [2.24, 2.45) is 0 Å². The predicted molar refractivity (Wildman–Crippen MR) is 129 cm³/mol. The number of sulfonamides is 1. The Balaban J connectivity index is 1.35. The molecule has 1 aliphatic rings. The van der Waals surface area contributed by atoms with Gasteiger partial charge >= 0.3 is 0 Å². The molecule has 1 aromatic heterocycles. The van der Waals surface area contributed by atoms with E-state index in [0.29, 0.717) is 24.3 Å². The molecule has 8 heteroatoms. The number of carbonyl (C=O) groups is 1. The van der Waals surface area contributed by atoms with Gasteiger partial charge in [-0.3, -0.25) is 14.0 Å². The van der Waals surface area contributed by atoms with Crippen LogP contribution in [0.2, 0.25) is 0 Å². The van der Waals surface area contributed by atoms with E-state index in [1.807, 2.05) is 11.0 Å². The van der Waals surface area contributed by atoms with Crippen molar-refractivity contribution in [1.29, 1.82) is 0 Å². The van der Waals surface area contributed by atoms with Gasteiger partial charge < -0.3 is 4.90 Å². The van der Waals surface area contributed by atoms with Crippen LogP contribution in [0.4, 0.5) is 5.69 Å². The van der Waals surface area contributed by atoms with Crippen molar-refractivity contribution in [3.8, 4) is 0 Å². The molecule has 6 nitrogen and oxygen atoms in total. The fourth-order valence-corrected chi connectivity index (χ4v) is 5.68. The molecule has 2 aromatic carbocycles. The minimum atomic E-state index is -3.69. The van der Waals surface area contributed by atoms with Crippen LogP contribution in [-0.4, -0.2) is 63.9 Å². The Labute approximate surface area is 193 Å².